The molecule has 1 fully saturated rings. The second-order valence-electron chi connectivity index (χ2n) is 7.65. The first-order valence-electron chi connectivity index (χ1n) is 10.2. The Morgan fingerprint density at radius 3 is 2.90 bits per heavy atom. The van der Waals surface area contributed by atoms with Crippen molar-refractivity contribution in [3.05, 3.63) is 30.7 Å². The zero-order valence-corrected chi connectivity index (χ0v) is 18.2. The van der Waals surface area contributed by atoms with Gasteiger partial charge in [-0.05, 0) is 18.4 Å². The highest BCUT2D eigenvalue weighted by molar-refractivity contribution is 5.87. The van der Waals surface area contributed by atoms with E-state index in [-0.39, 0.29) is 17.9 Å². The van der Waals surface area contributed by atoms with Gasteiger partial charge in [-0.25, -0.2) is 9.50 Å². The topological polar surface area (TPSA) is 115 Å². The Labute approximate surface area is 180 Å². The summed E-state index contributed by atoms with van der Waals surface area (Å²) < 4.78 is 8.84. The average Bonchev–Trinajstić information content (AvgIpc) is 3.44. The van der Waals surface area contributed by atoms with E-state index in [0.717, 1.165) is 18.7 Å². The van der Waals surface area contributed by atoms with E-state index in [1.165, 1.54) is 6.08 Å². The number of anilines is 3. The molecule has 4 rings (SSSR count). The number of fused-ring (bicyclic) bond motifs is 1. The number of carbonyl (C=O) groups is 1. The summed E-state index contributed by atoms with van der Waals surface area (Å²) in [7, 11) is 3.39. The second-order valence-corrected chi connectivity index (χ2v) is 7.65. The maximum Gasteiger partial charge on any atom is 0.256 e. The summed E-state index contributed by atoms with van der Waals surface area (Å²) in [6, 6.07) is -0.00643. The number of hydrogen-bond acceptors (Lipinski definition) is 8. The van der Waals surface area contributed by atoms with Crippen molar-refractivity contribution in [1.29, 1.82) is 0 Å². The minimum atomic E-state index is -0.177. The van der Waals surface area contributed by atoms with E-state index in [1.807, 2.05) is 17.8 Å². The van der Waals surface area contributed by atoms with Crippen LogP contribution in [-0.4, -0.2) is 61.5 Å². The molecule has 0 aliphatic carbocycles. The van der Waals surface area contributed by atoms with Crippen molar-refractivity contribution in [3.8, 4) is 5.88 Å². The fourth-order valence-corrected chi connectivity index (χ4v) is 3.77. The second kappa shape index (κ2) is 8.25. The zero-order valence-electron chi connectivity index (χ0n) is 18.2. The van der Waals surface area contributed by atoms with Crippen molar-refractivity contribution in [1.82, 2.24) is 34.7 Å². The first-order chi connectivity index (χ1) is 14.9. The Morgan fingerprint density at radius 1 is 1.39 bits per heavy atom. The summed E-state index contributed by atoms with van der Waals surface area (Å²) in [5, 5.41) is 15.3. The molecule has 11 nitrogen and oxygen atoms in total. The Morgan fingerprint density at radius 2 is 2.19 bits per heavy atom. The maximum absolute atomic E-state index is 11.8. The quantitative estimate of drug-likeness (QED) is 0.545. The molecule has 0 aromatic carbocycles. The van der Waals surface area contributed by atoms with Crippen LogP contribution in [0.2, 0.25) is 0 Å². The first kappa shape index (κ1) is 20.6. The van der Waals surface area contributed by atoms with Crippen molar-refractivity contribution in [3.63, 3.8) is 0 Å². The molecule has 3 aromatic rings. The van der Waals surface area contributed by atoms with Crippen LogP contribution in [0.3, 0.4) is 0 Å². The van der Waals surface area contributed by atoms with E-state index in [1.54, 1.807) is 18.0 Å². The SMILES string of the molecule is C=CC(=O)NC1CN(c2nc(Nc3cn(C)nc3OC)c3ncc(CC)n3n2)CC1C. The van der Waals surface area contributed by atoms with Gasteiger partial charge in [0.1, 0.15) is 5.69 Å². The standard InChI is InChI=1S/C20H27N9O2/c1-6-13-8-21-18-17(23-15-10-27(4)25-19(15)31-5)24-20(26-29(13)18)28-9-12(3)14(11-28)22-16(30)7-2/h7-8,10,12,14H,2,6,9,11H2,1,3-5H3,(H,22,30)(H,23,24,26). The molecule has 1 amide bonds. The summed E-state index contributed by atoms with van der Waals surface area (Å²) in [5.74, 6) is 1.65. The highest BCUT2D eigenvalue weighted by atomic mass is 16.5. The van der Waals surface area contributed by atoms with Gasteiger partial charge in [-0.1, -0.05) is 20.4 Å². The van der Waals surface area contributed by atoms with Crippen LogP contribution in [-0.2, 0) is 18.3 Å². The molecule has 2 unspecified atom stereocenters. The first-order valence-corrected chi connectivity index (χ1v) is 10.2. The number of ether oxygens (including phenoxy) is 1. The molecular formula is C20H27N9O2. The molecule has 2 N–H and O–H groups in total. The summed E-state index contributed by atoms with van der Waals surface area (Å²) in [4.78, 5) is 23.1. The Kier molecular flexibility index (Phi) is 5.49. The predicted molar refractivity (Wildman–Crippen MR) is 117 cm³/mol. The molecule has 0 bridgehead atoms. The van der Waals surface area contributed by atoms with Crippen LogP contribution in [0.15, 0.2) is 25.0 Å². The molecule has 0 saturated carbocycles. The van der Waals surface area contributed by atoms with Crippen molar-refractivity contribution >= 4 is 29.0 Å². The number of imidazole rings is 1. The zero-order chi connectivity index (χ0) is 22.1. The van der Waals surface area contributed by atoms with Gasteiger partial charge < -0.3 is 20.3 Å². The van der Waals surface area contributed by atoms with Crippen LogP contribution in [0.5, 0.6) is 5.88 Å². The van der Waals surface area contributed by atoms with E-state index in [0.29, 0.717) is 35.5 Å². The third-order valence-electron chi connectivity index (χ3n) is 5.43. The van der Waals surface area contributed by atoms with Crippen LogP contribution in [0, 0.1) is 5.92 Å². The molecule has 164 valence electrons. The summed E-state index contributed by atoms with van der Waals surface area (Å²) in [6.45, 7) is 9.02. The highest BCUT2D eigenvalue weighted by Crippen LogP contribution is 2.29. The minimum Gasteiger partial charge on any atom is -0.478 e. The van der Waals surface area contributed by atoms with Gasteiger partial charge in [-0.3, -0.25) is 9.48 Å². The fourth-order valence-electron chi connectivity index (χ4n) is 3.77. The van der Waals surface area contributed by atoms with Gasteiger partial charge in [0.2, 0.25) is 11.9 Å². The van der Waals surface area contributed by atoms with Crippen LogP contribution in [0.25, 0.3) is 5.65 Å². The molecule has 0 spiro atoms. The number of nitrogens with one attached hydrogen (secondary N) is 2. The van der Waals surface area contributed by atoms with Crippen molar-refractivity contribution < 1.29 is 9.53 Å². The van der Waals surface area contributed by atoms with E-state index < -0.39 is 0 Å². The Bertz CT molecular complexity index is 1120. The minimum absolute atomic E-state index is 0.00643. The number of aryl methyl sites for hydroxylation is 2. The van der Waals surface area contributed by atoms with Crippen LogP contribution in [0.1, 0.15) is 19.5 Å². The maximum atomic E-state index is 11.8. The van der Waals surface area contributed by atoms with Crippen molar-refractivity contribution in [2.24, 2.45) is 13.0 Å². The van der Waals surface area contributed by atoms with Gasteiger partial charge in [-0.15, -0.1) is 10.2 Å². The number of methoxy groups -OCH3 is 1. The molecule has 0 radical (unpaired) electrons. The number of rotatable bonds is 7. The lowest BCUT2D eigenvalue weighted by molar-refractivity contribution is -0.117. The van der Waals surface area contributed by atoms with Crippen LogP contribution in [0.4, 0.5) is 17.5 Å². The molecule has 1 saturated heterocycles. The predicted octanol–water partition coefficient (Wildman–Crippen LogP) is 1.30. The van der Waals surface area contributed by atoms with Crippen LogP contribution < -0.4 is 20.3 Å². The van der Waals surface area contributed by atoms with E-state index >= 15 is 0 Å². The smallest absolute Gasteiger partial charge is 0.256 e. The third-order valence-corrected chi connectivity index (χ3v) is 5.43. The third kappa shape index (κ3) is 3.90. The normalized spacial score (nSPS) is 18.4. The van der Waals surface area contributed by atoms with E-state index in [2.05, 4.69) is 46.0 Å². The molecule has 1 aliphatic rings. The van der Waals surface area contributed by atoms with Crippen molar-refractivity contribution in [2.75, 3.05) is 30.4 Å². The summed E-state index contributed by atoms with van der Waals surface area (Å²) in [6.07, 6.45) is 5.70. The molecule has 4 heterocycles. The van der Waals surface area contributed by atoms with Gasteiger partial charge in [0.05, 0.1) is 31.2 Å². The lowest BCUT2D eigenvalue weighted by atomic mass is 10.1. The molecule has 31 heavy (non-hydrogen) atoms. The average molecular weight is 425 g/mol. The van der Waals surface area contributed by atoms with E-state index in [4.69, 9.17) is 14.8 Å². The Balaban J connectivity index is 1.71. The van der Waals surface area contributed by atoms with Gasteiger partial charge in [0.15, 0.2) is 11.5 Å². The molecule has 2 atom stereocenters. The molecule has 3 aromatic heterocycles. The monoisotopic (exact) mass is 425 g/mol. The number of hydrogen-bond donors (Lipinski definition) is 2. The van der Waals surface area contributed by atoms with E-state index in [9.17, 15) is 4.79 Å². The lowest BCUT2D eigenvalue weighted by Crippen LogP contribution is -2.39. The number of aromatic nitrogens is 6. The number of nitrogens with zero attached hydrogens (tertiary/aromatic N) is 7. The number of carbonyl (C=O) groups excluding carboxylic acids is 1. The summed E-state index contributed by atoms with van der Waals surface area (Å²) >= 11 is 0. The van der Waals surface area contributed by atoms with Gasteiger partial charge in [0.25, 0.3) is 5.88 Å². The summed E-state index contributed by atoms with van der Waals surface area (Å²) in [5.41, 5.74) is 2.28. The molecule has 1 aliphatic heterocycles. The van der Waals surface area contributed by atoms with Gasteiger partial charge in [0, 0.05) is 20.1 Å². The fraction of sp³-hybridized carbons (Fsp3) is 0.450. The highest BCUT2D eigenvalue weighted by Gasteiger charge is 2.32. The molecular weight excluding hydrogens is 398 g/mol. The number of amides is 1. The van der Waals surface area contributed by atoms with Gasteiger partial charge >= 0.3 is 0 Å². The molecule has 11 heteroatoms. The largest absolute Gasteiger partial charge is 0.478 e. The van der Waals surface area contributed by atoms with Crippen molar-refractivity contribution in [2.45, 2.75) is 26.3 Å². The van der Waals surface area contributed by atoms with Gasteiger partial charge in [-0.2, -0.15) is 4.98 Å². The Hall–Kier alpha value is -3.63. The van der Waals surface area contributed by atoms with Crippen LogP contribution >= 0.6 is 0 Å². The lowest BCUT2D eigenvalue weighted by Gasteiger charge is -2.18.